The van der Waals surface area contributed by atoms with Crippen LogP contribution in [0.2, 0.25) is 0 Å². The highest BCUT2D eigenvalue weighted by atomic mass is 79.9. The molecule has 0 saturated carbocycles. The molecule has 5 heteroatoms. The maximum Gasteiger partial charge on any atom is 0.127 e. The second-order valence-corrected chi connectivity index (χ2v) is 4.59. The molecule has 0 aliphatic heterocycles. The Bertz CT molecular complexity index is 480. The fourth-order valence-electron chi connectivity index (χ4n) is 1.46. The van der Waals surface area contributed by atoms with Gasteiger partial charge in [0.1, 0.15) is 5.82 Å². The molecule has 0 bridgehead atoms. The van der Waals surface area contributed by atoms with Crippen LogP contribution in [0.25, 0.3) is 0 Å². The molecular weight excluding hydrogens is 268 g/mol. The minimum Gasteiger partial charge on any atom is -0.366 e. The Morgan fingerprint density at radius 2 is 2.25 bits per heavy atom. The molecule has 0 aliphatic carbocycles. The monoisotopic (exact) mass is 280 g/mol. The van der Waals surface area contributed by atoms with E-state index >= 15 is 0 Å². The van der Waals surface area contributed by atoms with Gasteiger partial charge in [-0.15, -0.1) is 0 Å². The highest BCUT2D eigenvalue weighted by molar-refractivity contribution is 9.10. The molecule has 84 valence electrons. The van der Waals surface area contributed by atoms with Gasteiger partial charge in [0.15, 0.2) is 0 Å². The van der Waals surface area contributed by atoms with Gasteiger partial charge in [0.05, 0.1) is 18.4 Å². The first-order chi connectivity index (χ1) is 7.66. The van der Waals surface area contributed by atoms with Crippen molar-refractivity contribution in [2.75, 3.05) is 11.9 Å². The second kappa shape index (κ2) is 4.65. The average Bonchev–Trinajstić information content (AvgIpc) is 2.64. The molecule has 0 unspecified atom stereocenters. The summed E-state index contributed by atoms with van der Waals surface area (Å²) in [6, 6.07) is 2.04. The smallest absolute Gasteiger partial charge is 0.127 e. The first-order valence-corrected chi connectivity index (χ1v) is 5.74. The minimum absolute atomic E-state index is 0.766. The van der Waals surface area contributed by atoms with Crippen LogP contribution in [-0.4, -0.2) is 21.6 Å². The van der Waals surface area contributed by atoms with E-state index < -0.39 is 0 Å². The zero-order valence-electron chi connectivity index (χ0n) is 9.26. The van der Waals surface area contributed by atoms with Crippen molar-refractivity contribution in [3.05, 3.63) is 41.2 Å². The number of aromatic nitrogens is 3. The summed E-state index contributed by atoms with van der Waals surface area (Å²) in [4.78, 5) is 10.5. The van der Waals surface area contributed by atoms with Crippen molar-refractivity contribution in [3.8, 4) is 0 Å². The molecule has 16 heavy (non-hydrogen) atoms. The average molecular weight is 281 g/mol. The molecular formula is C11H13BrN4. The molecule has 2 aromatic rings. The number of hydrogen-bond donors (Lipinski definition) is 0. The van der Waals surface area contributed by atoms with Crippen molar-refractivity contribution in [2.45, 2.75) is 6.54 Å². The summed E-state index contributed by atoms with van der Waals surface area (Å²) in [6.45, 7) is 0.766. The first-order valence-electron chi connectivity index (χ1n) is 4.94. The minimum atomic E-state index is 0.766. The van der Waals surface area contributed by atoms with Gasteiger partial charge in [-0.3, -0.25) is 4.98 Å². The zero-order valence-corrected chi connectivity index (χ0v) is 10.8. The molecule has 0 N–H and O–H groups in total. The van der Waals surface area contributed by atoms with Gasteiger partial charge in [-0.25, -0.2) is 4.98 Å². The Balaban J connectivity index is 2.14. The summed E-state index contributed by atoms with van der Waals surface area (Å²) in [5, 5.41) is 0. The zero-order chi connectivity index (χ0) is 11.5. The molecule has 2 aromatic heterocycles. The van der Waals surface area contributed by atoms with Crippen LogP contribution in [0.3, 0.4) is 0 Å². The van der Waals surface area contributed by atoms with E-state index in [4.69, 9.17) is 0 Å². The predicted molar refractivity (Wildman–Crippen MR) is 67.3 cm³/mol. The number of nitrogens with zero attached hydrogens (tertiary/aromatic N) is 4. The van der Waals surface area contributed by atoms with E-state index in [2.05, 4.69) is 30.8 Å². The Labute approximate surface area is 103 Å². The lowest BCUT2D eigenvalue weighted by atomic mass is 10.4. The second-order valence-electron chi connectivity index (χ2n) is 3.67. The quantitative estimate of drug-likeness (QED) is 0.865. The van der Waals surface area contributed by atoms with Crippen molar-refractivity contribution in [2.24, 2.45) is 7.05 Å². The third-order valence-corrected chi connectivity index (χ3v) is 2.86. The molecule has 2 heterocycles. The first kappa shape index (κ1) is 11.1. The lowest BCUT2D eigenvalue weighted by Gasteiger charge is -2.18. The molecule has 0 fully saturated rings. The van der Waals surface area contributed by atoms with Crippen LogP contribution in [0.5, 0.6) is 0 Å². The third kappa shape index (κ3) is 2.41. The molecule has 0 atom stereocenters. The SMILES string of the molecule is CN(Cc1nccn1C)c1cncc(Br)c1. The molecule has 4 nitrogen and oxygen atoms in total. The van der Waals surface area contributed by atoms with Crippen LogP contribution in [0, 0.1) is 0 Å². The fraction of sp³-hybridized carbons (Fsp3) is 0.273. The number of rotatable bonds is 3. The van der Waals surface area contributed by atoms with Gasteiger partial charge < -0.3 is 9.47 Å². The van der Waals surface area contributed by atoms with E-state index in [1.165, 1.54) is 0 Å². The number of aryl methyl sites for hydroxylation is 1. The Morgan fingerprint density at radius 1 is 1.44 bits per heavy atom. The lowest BCUT2D eigenvalue weighted by Crippen LogP contribution is -2.19. The maximum atomic E-state index is 4.29. The van der Waals surface area contributed by atoms with E-state index in [-0.39, 0.29) is 0 Å². The summed E-state index contributed by atoms with van der Waals surface area (Å²) in [6.07, 6.45) is 7.37. The van der Waals surface area contributed by atoms with Crippen molar-refractivity contribution in [1.82, 2.24) is 14.5 Å². The van der Waals surface area contributed by atoms with Crippen LogP contribution < -0.4 is 4.90 Å². The Hall–Kier alpha value is -1.36. The van der Waals surface area contributed by atoms with Crippen LogP contribution in [0.15, 0.2) is 35.3 Å². The number of imidazole rings is 1. The number of hydrogen-bond acceptors (Lipinski definition) is 3. The maximum absolute atomic E-state index is 4.29. The normalized spacial score (nSPS) is 10.4. The van der Waals surface area contributed by atoms with Crippen LogP contribution >= 0.6 is 15.9 Å². The summed E-state index contributed by atoms with van der Waals surface area (Å²) in [7, 11) is 4.02. The largest absolute Gasteiger partial charge is 0.366 e. The molecule has 0 amide bonds. The Kier molecular flexibility index (Phi) is 3.24. The molecule has 0 radical (unpaired) electrons. The van der Waals surface area contributed by atoms with E-state index in [1.807, 2.05) is 43.3 Å². The van der Waals surface area contributed by atoms with Gasteiger partial charge in [-0.2, -0.15) is 0 Å². The number of halogens is 1. The molecule has 0 aromatic carbocycles. The standard InChI is InChI=1S/C11H13BrN4/c1-15-4-3-14-11(15)8-16(2)10-5-9(12)6-13-7-10/h3-7H,8H2,1-2H3. The van der Waals surface area contributed by atoms with Gasteiger partial charge in [0, 0.05) is 37.2 Å². The molecule has 0 aliphatic rings. The molecule has 2 rings (SSSR count). The molecule has 0 saturated heterocycles. The predicted octanol–water partition coefficient (Wildman–Crippen LogP) is 2.21. The van der Waals surface area contributed by atoms with Gasteiger partial charge in [-0.05, 0) is 22.0 Å². The number of anilines is 1. The molecule has 0 spiro atoms. The third-order valence-electron chi connectivity index (χ3n) is 2.43. The van der Waals surface area contributed by atoms with Crippen LogP contribution in [0.1, 0.15) is 5.82 Å². The number of pyridine rings is 1. The van der Waals surface area contributed by atoms with Crippen LogP contribution in [0.4, 0.5) is 5.69 Å². The van der Waals surface area contributed by atoms with Crippen LogP contribution in [-0.2, 0) is 13.6 Å². The van der Waals surface area contributed by atoms with Gasteiger partial charge in [0.2, 0.25) is 0 Å². The van der Waals surface area contributed by atoms with E-state index in [0.717, 1.165) is 22.5 Å². The van der Waals surface area contributed by atoms with Crippen molar-refractivity contribution < 1.29 is 0 Å². The van der Waals surface area contributed by atoms with Crippen molar-refractivity contribution >= 4 is 21.6 Å². The topological polar surface area (TPSA) is 34.0 Å². The van der Waals surface area contributed by atoms with Crippen molar-refractivity contribution in [1.29, 1.82) is 0 Å². The van der Waals surface area contributed by atoms with Gasteiger partial charge in [-0.1, -0.05) is 0 Å². The van der Waals surface area contributed by atoms with E-state index in [0.29, 0.717) is 0 Å². The highest BCUT2D eigenvalue weighted by Crippen LogP contribution is 2.18. The fourth-order valence-corrected chi connectivity index (χ4v) is 1.81. The van der Waals surface area contributed by atoms with Gasteiger partial charge in [0.25, 0.3) is 0 Å². The lowest BCUT2D eigenvalue weighted by molar-refractivity contribution is 0.760. The van der Waals surface area contributed by atoms with Gasteiger partial charge >= 0.3 is 0 Å². The summed E-state index contributed by atoms with van der Waals surface area (Å²) < 4.78 is 3.00. The summed E-state index contributed by atoms with van der Waals surface area (Å²) in [5.74, 6) is 1.03. The summed E-state index contributed by atoms with van der Waals surface area (Å²) >= 11 is 3.41. The van der Waals surface area contributed by atoms with E-state index in [9.17, 15) is 0 Å². The van der Waals surface area contributed by atoms with E-state index in [1.54, 1.807) is 6.20 Å². The van der Waals surface area contributed by atoms with Crippen molar-refractivity contribution in [3.63, 3.8) is 0 Å². The summed E-state index contributed by atoms with van der Waals surface area (Å²) in [5.41, 5.74) is 1.07. The highest BCUT2D eigenvalue weighted by Gasteiger charge is 2.06. The Morgan fingerprint density at radius 3 is 2.88 bits per heavy atom.